The lowest BCUT2D eigenvalue weighted by atomic mass is 9.92. The van der Waals surface area contributed by atoms with Crippen LogP contribution in [0.1, 0.15) is 44.8 Å². The van der Waals surface area contributed by atoms with Crippen LogP contribution in [-0.2, 0) is 4.74 Å². The number of rotatable bonds is 4. The van der Waals surface area contributed by atoms with Gasteiger partial charge < -0.3 is 15.0 Å². The Hall–Kier alpha value is -0.870. The van der Waals surface area contributed by atoms with E-state index in [1.54, 1.807) is 0 Å². The lowest BCUT2D eigenvalue weighted by molar-refractivity contribution is 0.107. The van der Waals surface area contributed by atoms with Crippen LogP contribution in [0.3, 0.4) is 0 Å². The maximum absolute atomic E-state index is 5.89. The van der Waals surface area contributed by atoms with E-state index in [9.17, 15) is 0 Å². The van der Waals surface area contributed by atoms with Gasteiger partial charge in [-0.3, -0.25) is 0 Å². The fourth-order valence-electron chi connectivity index (χ4n) is 2.70. The zero-order chi connectivity index (χ0) is 12.4. The van der Waals surface area contributed by atoms with Crippen molar-refractivity contribution in [2.75, 3.05) is 13.2 Å². The summed E-state index contributed by atoms with van der Waals surface area (Å²) in [5.74, 6) is 0.915. The molecule has 1 aromatic rings. The molecule has 17 heavy (non-hydrogen) atoms. The van der Waals surface area contributed by atoms with Gasteiger partial charge in [-0.1, -0.05) is 13.8 Å². The van der Waals surface area contributed by atoms with Gasteiger partial charge in [0, 0.05) is 31.0 Å². The fourth-order valence-corrected chi connectivity index (χ4v) is 2.70. The standard InChI is InChI=1S/C13H23N3O/c1-9(2)11(6-14)13-7-15-8-16(13)12-4-5-17-10(12)3/h7-12H,4-6,14H2,1-3H3. The van der Waals surface area contributed by atoms with Crippen LogP contribution in [0.25, 0.3) is 0 Å². The Morgan fingerprint density at radius 2 is 2.35 bits per heavy atom. The molecule has 1 fully saturated rings. The Morgan fingerprint density at radius 1 is 1.59 bits per heavy atom. The minimum atomic E-state index is 0.272. The third kappa shape index (κ3) is 2.38. The first kappa shape index (κ1) is 12.6. The molecule has 0 bridgehead atoms. The van der Waals surface area contributed by atoms with Gasteiger partial charge in [0.25, 0.3) is 0 Å². The van der Waals surface area contributed by atoms with E-state index in [-0.39, 0.29) is 6.10 Å². The van der Waals surface area contributed by atoms with Gasteiger partial charge in [0.15, 0.2) is 0 Å². The summed E-state index contributed by atoms with van der Waals surface area (Å²) in [6.45, 7) is 8.07. The molecule has 96 valence electrons. The van der Waals surface area contributed by atoms with E-state index in [1.165, 1.54) is 5.69 Å². The predicted octanol–water partition coefficient (Wildman–Crippen LogP) is 1.93. The summed E-state index contributed by atoms with van der Waals surface area (Å²) in [4.78, 5) is 4.30. The SMILES string of the molecule is CC(C)C(CN)c1cncn1C1CCOC1C. The second kappa shape index (κ2) is 5.19. The first-order chi connectivity index (χ1) is 8.15. The lowest BCUT2D eigenvalue weighted by Gasteiger charge is -2.25. The van der Waals surface area contributed by atoms with E-state index >= 15 is 0 Å². The van der Waals surface area contributed by atoms with Crippen molar-refractivity contribution in [3.05, 3.63) is 18.2 Å². The van der Waals surface area contributed by atoms with Crippen molar-refractivity contribution < 1.29 is 4.74 Å². The van der Waals surface area contributed by atoms with Gasteiger partial charge in [-0.25, -0.2) is 4.98 Å². The van der Waals surface area contributed by atoms with Gasteiger partial charge in [0.1, 0.15) is 0 Å². The predicted molar refractivity (Wildman–Crippen MR) is 67.9 cm³/mol. The van der Waals surface area contributed by atoms with Crippen LogP contribution < -0.4 is 5.73 Å². The molecule has 4 heteroatoms. The molecule has 0 spiro atoms. The summed E-state index contributed by atoms with van der Waals surface area (Å²) in [6.07, 6.45) is 5.23. The zero-order valence-electron chi connectivity index (χ0n) is 11.0. The normalized spacial score (nSPS) is 26.6. The second-order valence-corrected chi connectivity index (χ2v) is 5.24. The van der Waals surface area contributed by atoms with Gasteiger partial charge in [-0.05, 0) is 19.3 Å². The molecule has 3 atom stereocenters. The molecular formula is C13H23N3O. The van der Waals surface area contributed by atoms with Crippen molar-refractivity contribution in [2.24, 2.45) is 11.7 Å². The fraction of sp³-hybridized carbons (Fsp3) is 0.769. The van der Waals surface area contributed by atoms with Crippen LogP contribution in [0.4, 0.5) is 0 Å². The molecule has 4 nitrogen and oxygen atoms in total. The third-order valence-corrected chi connectivity index (χ3v) is 3.83. The largest absolute Gasteiger partial charge is 0.376 e. The first-order valence-corrected chi connectivity index (χ1v) is 6.48. The highest BCUT2D eigenvalue weighted by atomic mass is 16.5. The monoisotopic (exact) mass is 237 g/mol. The van der Waals surface area contributed by atoms with Crippen LogP contribution in [0, 0.1) is 5.92 Å². The maximum atomic E-state index is 5.89. The Bertz CT molecular complexity index is 345. The molecule has 2 N–H and O–H groups in total. The molecule has 2 heterocycles. The summed E-state index contributed by atoms with van der Waals surface area (Å²) in [5, 5.41) is 0. The molecule has 3 unspecified atom stereocenters. The minimum absolute atomic E-state index is 0.272. The summed E-state index contributed by atoms with van der Waals surface area (Å²) >= 11 is 0. The molecule has 1 aromatic heterocycles. The highest BCUT2D eigenvalue weighted by Crippen LogP contribution is 2.31. The van der Waals surface area contributed by atoms with Crippen molar-refractivity contribution in [3.8, 4) is 0 Å². The first-order valence-electron chi connectivity index (χ1n) is 6.48. The second-order valence-electron chi connectivity index (χ2n) is 5.24. The number of hydrogen-bond acceptors (Lipinski definition) is 3. The van der Waals surface area contributed by atoms with Crippen LogP contribution in [0.5, 0.6) is 0 Å². The van der Waals surface area contributed by atoms with E-state index in [0.717, 1.165) is 13.0 Å². The Balaban J connectivity index is 2.27. The molecule has 2 rings (SSSR count). The number of aromatic nitrogens is 2. The van der Waals surface area contributed by atoms with Crippen molar-refractivity contribution >= 4 is 0 Å². The Labute approximate surface area is 103 Å². The van der Waals surface area contributed by atoms with E-state index in [0.29, 0.717) is 24.4 Å². The van der Waals surface area contributed by atoms with Crippen LogP contribution in [-0.4, -0.2) is 28.8 Å². The van der Waals surface area contributed by atoms with Crippen LogP contribution >= 0.6 is 0 Å². The Kier molecular flexibility index (Phi) is 3.84. The topological polar surface area (TPSA) is 53.1 Å². The average Bonchev–Trinajstić information content (AvgIpc) is 2.87. The summed E-state index contributed by atoms with van der Waals surface area (Å²) in [5.41, 5.74) is 7.15. The molecule has 0 aliphatic carbocycles. The number of nitrogens with two attached hydrogens (primary N) is 1. The van der Waals surface area contributed by atoms with Gasteiger partial charge >= 0.3 is 0 Å². The van der Waals surface area contributed by atoms with Crippen molar-refractivity contribution in [1.82, 2.24) is 9.55 Å². The smallest absolute Gasteiger partial charge is 0.0951 e. The van der Waals surface area contributed by atoms with E-state index < -0.39 is 0 Å². The van der Waals surface area contributed by atoms with Crippen molar-refractivity contribution in [2.45, 2.75) is 45.3 Å². The summed E-state index contributed by atoms with van der Waals surface area (Å²) < 4.78 is 7.91. The van der Waals surface area contributed by atoms with Crippen molar-refractivity contribution in [1.29, 1.82) is 0 Å². The minimum Gasteiger partial charge on any atom is -0.376 e. The van der Waals surface area contributed by atoms with Crippen LogP contribution in [0.15, 0.2) is 12.5 Å². The average molecular weight is 237 g/mol. The zero-order valence-corrected chi connectivity index (χ0v) is 11.0. The highest BCUT2D eigenvalue weighted by Gasteiger charge is 2.29. The third-order valence-electron chi connectivity index (χ3n) is 3.83. The lowest BCUT2D eigenvalue weighted by Crippen LogP contribution is -2.25. The molecule has 0 saturated carbocycles. The molecule has 0 aromatic carbocycles. The molecule has 1 saturated heterocycles. The van der Waals surface area contributed by atoms with E-state index in [4.69, 9.17) is 10.5 Å². The quantitative estimate of drug-likeness (QED) is 0.870. The van der Waals surface area contributed by atoms with Crippen LogP contribution in [0.2, 0.25) is 0 Å². The van der Waals surface area contributed by atoms with E-state index in [1.807, 2.05) is 12.5 Å². The van der Waals surface area contributed by atoms with Crippen molar-refractivity contribution in [3.63, 3.8) is 0 Å². The number of imidazole rings is 1. The van der Waals surface area contributed by atoms with Gasteiger partial charge in [0.2, 0.25) is 0 Å². The Morgan fingerprint density at radius 3 is 2.88 bits per heavy atom. The van der Waals surface area contributed by atoms with Gasteiger partial charge in [-0.15, -0.1) is 0 Å². The number of hydrogen-bond donors (Lipinski definition) is 1. The summed E-state index contributed by atoms with van der Waals surface area (Å²) in [7, 11) is 0. The van der Waals surface area contributed by atoms with Gasteiger partial charge in [0.05, 0.1) is 18.5 Å². The molecular weight excluding hydrogens is 214 g/mol. The maximum Gasteiger partial charge on any atom is 0.0951 e. The molecule has 0 amide bonds. The summed E-state index contributed by atoms with van der Waals surface area (Å²) in [6, 6.07) is 0.417. The molecule has 1 aliphatic rings. The molecule has 1 aliphatic heterocycles. The molecule has 0 radical (unpaired) electrons. The van der Waals surface area contributed by atoms with E-state index in [2.05, 4.69) is 30.3 Å². The highest BCUT2D eigenvalue weighted by molar-refractivity contribution is 5.10. The van der Waals surface area contributed by atoms with Gasteiger partial charge in [-0.2, -0.15) is 0 Å². The number of ether oxygens (including phenoxy) is 1. The number of nitrogens with zero attached hydrogens (tertiary/aromatic N) is 2.